The highest BCUT2D eigenvalue weighted by molar-refractivity contribution is 5.73. The zero-order valence-corrected chi connectivity index (χ0v) is 10.6. The molecule has 1 heterocycles. The lowest BCUT2D eigenvalue weighted by Crippen LogP contribution is -2.39. The fourth-order valence-electron chi connectivity index (χ4n) is 1.85. The second-order valence-corrected chi connectivity index (χ2v) is 4.66. The van der Waals surface area contributed by atoms with Crippen molar-refractivity contribution >= 4 is 5.97 Å². The minimum atomic E-state index is -0.802. The third-order valence-electron chi connectivity index (χ3n) is 2.70. The van der Waals surface area contributed by atoms with Crippen LogP contribution in [0.15, 0.2) is 22.8 Å². The molecule has 17 heavy (non-hydrogen) atoms. The van der Waals surface area contributed by atoms with E-state index in [9.17, 15) is 9.90 Å². The third-order valence-corrected chi connectivity index (χ3v) is 2.70. The molecular formula is C13H21NO3. The molecular weight excluding hydrogens is 218 g/mol. The van der Waals surface area contributed by atoms with E-state index in [0.29, 0.717) is 12.3 Å². The first-order chi connectivity index (χ1) is 8.04. The van der Waals surface area contributed by atoms with Crippen LogP contribution in [0.25, 0.3) is 0 Å². The van der Waals surface area contributed by atoms with Crippen LogP contribution in [-0.2, 0) is 4.79 Å². The average Bonchev–Trinajstić information content (AvgIpc) is 2.76. The van der Waals surface area contributed by atoms with Crippen molar-refractivity contribution in [2.75, 3.05) is 0 Å². The number of hydrogen-bond acceptors (Lipinski definition) is 3. The van der Waals surface area contributed by atoms with Crippen molar-refractivity contribution in [1.82, 2.24) is 5.32 Å². The molecule has 0 aromatic carbocycles. The van der Waals surface area contributed by atoms with Gasteiger partial charge in [-0.2, -0.15) is 0 Å². The molecule has 0 aliphatic rings. The lowest BCUT2D eigenvalue weighted by atomic mass is 10.0. The lowest BCUT2D eigenvalue weighted by Gasteiger charge is -2.22. The van der Waals surface area contributed by atoms with E-state index < -0.39 is 12.0 Å². The van der Waals surface area contributed by atoms with Gasteiger partial charge in [-0.1, -0.05) is 20.8 Å². The Bertz CT molecular complexity index is 332. The predicted molar refractivity (Wildman–Crippen MR) is 65.8 cm³/mol. The van der Waals surface area contributed by atoms with E-state index in [-0.39, 0.29) is 6.04 Å². The van der Waals surface area contributed by atoms with Crippen LogP contribution >= 0.6 is 0 Å². The zero-order chi connectivity index (χ0) is 12.8. The molecule has 1 aromatic rings. The number of carboxylic acid groups (broad SMARTS) is 1. The number of furan rings is 1. The Morgan fingerprint density at radius 2 is 2.24 bits per heavy atom. The van der Waals surface area contributed by atoms with Gasteiger partial charge in [0, 0.05) is 0 Å². The Kier molecular flexibility index (Phi) is 5.22. The molecule has 2 atom stereocenters. The molecule has 2 N–H and O–H groups in total. The summed E-state index contributed by atoms with van der Waals surface area (Å²) in [6, 6.07) is 3.13. The minimum absolute atomic E-state index is 0.0372. The maximum Gasteiger partial charge on any atom is 0.320 e. The van der Waals surface area contributed by atoms with Gasteiger partial charge < -0.3 is 9.52 Å². The summed E-state index contributed by atoms with van der Waals surface area (Å²) in [5.74, 6) is 0.337. The summed E-state index contributed by atoms with van der Waals surface area (Å²) < 4.78 is 5.32. The first-order valence-corrected chi connectivity index (χ1v) is 6.06. The number of aliphatic carboxylic acids is 1. The van der Waals surface area contributed by atoms with Gasteiger partial charge in [0.25, 0.3) is 0 Å². The monoisotopic (exact) mass is 239 g/mol. The van der Waals surface area contributed by atoms with Gasteiger partial charge in [-0.3, -0.25) is 10.1 Å². The number of carbonyl (C=O) groups is 1. The van der Waals surface area contributed by atoms with Crippen LogP contribution in [0, 0.1) is 5.92 Å². The Morgan fingerprint density at radius 3 is 2.65 bits per heavy atom. The minimum Gasteiger partial charge on any atom is -0.480 e. The van der Waals surface area contributed by atoms with E-state index in [1.807, 2.05) is 32.9 Å². The highest BCUT2D eigenvalue weighted by Crippen LogP contribution is 2.19. The van der Waals surface area contributed by atoms with Gasteiger partial charge in [0.1, 0.15) is 11.8 Å². The largest absolute Gasteiger partial charge is 0.480 e. The van der Waals surface area contributed by atoms with Gasteiger partial charge in [0.2, 0.25) is 0 Å². The van der Waals surface area contributed by atoms with Crippen LogP contribution in [0.2, 0.25) is 0 Å². The zero-order valence-electron chi connectivity index (χ0n) is 10.6. The Labute approximate surface area is 102 Å². The molecule has 0 amide bonds. The van der Waals surface area contributed by atoms with E-state index in [0.717, 1.165) is 12.2 Å². The van der Waals surface area contributed by atoms with Crippen LogP contribution in [0.4, 0.5) is 0 Å². The molecule has 0 spiro atoms. The quantitative estimate of drug-likeness (QED) is 0.768. The smallest absolute Gasteiger partial charge is 0.320 e. The standard InChI is InChI=1S/C13H21NO3/c1-4-10(12-6-5-7-17-12)14-11(13(15)16)8-9(2)3/h5-7,9-11,14H,4,8H2,1-3H3,(H,15,16). The van der Waals surface area contributed by atoms with Gasteiger partial charge in [-0.25, -0.2) is 0 Å². The lowest BCUT2D eigenvalue weighted by molar-refractivity contribution is -0.140. The summed E-state index contributed by atoms with van der Waals surface area (Å²) in [6.07, 6.45) is 3.03. The summed E-state index contributed by atoms with van der Waals surface area (Å²) in [6.45, 7) is 6.05. The fraction of sp³-hybridized carbons (Fsp3) is 0.615. The molecule has 0 aliphatic heterocycles. The van der Waals surface area contributed by atoms with Crippen molar-refractivity contribution in [2.45, 2.75) is 45.7 Å². The van der Waals surface area contributed by atoms with Crippen molar-refractivity contribution < 1.29 is 14.3 Å². The van der Waals surface area contributed by atoms with E-state index >= 15 is 0 Å². The molecule has 1 rings (SSSR count). The molecule has 0 fully saturated rings. The highest BCUT2D eigenvalue weighted by Gasteiger charge is 2.23. The normalized spacial score (nSPS) is 14.8. The summed E-state index contributed by atoms with van der Waals surface area (Å²) in [4.78, 5) is 11.2. The number of nitrogens with one attached hydrogen (secondary N) is 1. The Morgan fingerprint density at radius 1 is 1.53 bits per heavy atom. The summed E-state index contributed by atoms with van der Waals surface area (Å²) in [5, 5.41) is 12.3. The van der Waals surface area contributed by atoms with Crippen molar-refractivity contribution in [3.05, 3.63) is 24.2 Å². The topological polar surface area (TPSA) is 62.5 Å². The molecule has 0 radical (unpaired) electrons. The highest BCUT2D eigenvalue weighted by atomic mass is 16.4. The molecule has 96 valence electrons. The second-order valence-electron chi connectivity index (χ2n) is 4.66. The average molecular weight is 239 g/mol. The van der Waals surface area contributed by atoms with E-state index in [4.69, 9.17) is 4.42 Å². The van der Waals surface area contributed by atoms with Crippen LogP contribution < -0.4 is 5.32 Å². The van der Waals surface area contributed by atoms with Crippen LogP contribution in [0.1, 0.15) is 45.4 Å². The van der Waals surface area contributed by atoms with Gasteiger partial charge in [-0.15, -0.1) is 0 Å². The van der Waals surface area contributed by atoms with Gasteiger partial charge in [0.15, 0.2) is 0 Å². The number of hydrogen-bond donors (Lipinski definition) is 2. The number of carboxylic acids is 1. The maximum absolute atomic E-state index is 11.2. The SMILES string of the molecule is CCC(NC(CC(C)C)C(=O)O)c1ccco1. The van der Waals surface area contributed by atoms with Crippen LogP contribution in [0.3, 0.4) is 0 Å². The summed E-state index contributed by atoms with van der Waals surface area (Å²) in [5.41, 5.74) is 0. The molecule has 4 heteroatoms. The second kappa shape index (κ2) is 6.45. The first kappa shape index (κ1) is 13.8. The molecule has 0 saturated carbocycles. The molecule has 0 saturated heterocycles. The van der Waals surface area contributed by atoms with E-state index in [2.05, 4.69) is 5.32 Å². The van der Waals surface area contributed by atoms with Crippen molar-refractivity contribution in [3.8, 4) is 0 Å². The van der Waals surface area contributed by atoms with Crippen LogP contribution in [-0.4, -0.2) is 17.1 Å². The third kappa shape index (κ3) is 4.23. The van der Waals surface area contributed by atoms with E-state index in [1.54, 1.807) is 6.26 Å². The van der Waals surface area contributed by atoms with Crippen molar-refractivity contribution in [2.24, 2.45) is 5.92 Å². The maximum atomic E-state index is 11.2. The van der Waals surface area contributed by atoms with Gasteiger partial charge in [0.05, 0.1) is 12.3 Å². The van der Waals surface area contributed by atoms with Crippen molar-refractivity contribution in [1.29, 1.82) is 0 Å². The molecule has 0 bridgehead atoms. The predicted octanol–water partition coefficient (Wildman–Crippen LogP) is 2.82. The molecule has 1 aromatic heterocycles. The van der Waals surface area contributed by atoms with Gasteiger partial charge >= 0.3 is 5.97 Å². The molecule has 0 aliphatic carbocycles. The number of rotatable bonds is 7. The van der Waals surface area contributed by atoms with E-state index in [1.165, 1.54) is 0 Å². The fourth-order valence-corrected chi connectivity index (χ4v) is 1.85. The summed E-state index contributed by atoms with van der Waals surface area (Å²) >= 11 is 0. The van der Waals surface area contributed by atoms with Crippen LogP contribution in [0.5, 0.6) is 0 Å². The molecule has 2 unspecified atom stereocenters. The van der Waals surface area contributed by atoms with Crippen molar-refractivity contribution in [3.63, 3.8) is 0 Å². The van der Waals surface area contributed by atoms with Gasteiger partial charge in [-0.05, 0) is 30.9 Å². The Hall–Kier alpha value is -1.29. The molecule has 4 nitrogen and oxygen atoms in total. The first-order valence-electron chi connectivity index (χ1n) is 6.06. The Balaban J connectivity index is 2.67. The summed E-state index contributed by atoms with van der Waals surface area (Å²) in [7, 11) is 0.